The van der Waals surface area contributed by atoms with E-state index >= 15 is 0 Å². The number of hydrogen-bond donors (Lipinski definition) is 1. The lowest BCUT2D eigenvalue weighted by molar-refractivity contribution is 0.618. The molecule has 38 heavy (non-hydrogen) atoms. The van der Waals surface area contributed by atoms with E-state index in [0.29, 0.717) is 39.8 Å². The van der Waals surface area contributed by atoms with Crippen LogP contribution in [0.3, 0.4) is 0 Å². The standard InChI is InChI=1S/C29H25FN8/c1-16-7-5-6-8-22(16)38-19(4)24-17(2)11-12-32-28(24)35-23(38)14-37-29-25(27(31)33-15-34-29)26(36-37)20-9-10-21(30)18(3)13-20/h5-13,15H,4,14H2,1-3H3,(H2,31,33,34). The Labute approximate surface area is 219 Å². The van der Waals surface area contributed by atoms with Gasteiger partial charge in [-0.25, -0.2) is 29.0 Å². The van der Waals surface area contributed by atoms with Gasteiger partial charge in [-0.15, -0.1) is 0 Å². The Hall–Kier alpha value is -4.92. The van der Waals surface area contributed by atoms with Crippen molar-refractivity contribution in [3.63, 3.8) is 0 Å². The molecule has 0 bridgehead atoms. The Morgan fingerprint density at radius 3 is 2.55 bits per heavy atom. The van der Waals surface area contributed by atoms with Gasteiger partial charge in [0.15, 0.2) is 11.5 Å². The molecule has 0 spiro atoms. The third-order valence-electron chi connectivity index (χ3n) is 6.83. The molecule has 0 aliphatic carbocycles. The van der Waals surface area contributed by atoms with Gasteiger partial charge in [-0.1, -0.05) is 24.8 Å². The van der Waals surface area contributed by atoms with E-state index in [9.17, 15) is 4.39 Å². The minimum absolute atomic E-state index is 0.259. The molecule has 6 rings (SSSR count). The fourth-order valence-electron chi connectivity index (χ4n) is 4.90. The van der Waals surface area contributed by atoms with Crippen molar-refractivity contribution < 1.29 is 4.39 Å². The molecule has 0 atom stereocenters. The van der Waals surface area contributed by atoms with Crippen molar-refractivity contribution in [2.45, 2.75) is 27.3 Å². The SMILES string of the molecule is C=C1c2c(C)ccnc2N=C(Cn2nc(-c3ccc(F)c(C)c3)c3c(N)ncnc32)N1c1ccccc1C. The first kappa shape index (κ1) is 23.5. The van der Waals surface area contributed by atoms with E-state index in [2.05, 4.69) is 34.5 Å². The summed E-state index contributed by atoms with van der Waals surface area (Å²) < 4.78 is 15.8. The zero-order chi connectivity index (χ0) is 26.6. The van der Waals surface area contributed by atoms with Crippen LogP contribution >= 0.6 is 0 Å². The van der Waals surface area contributed by atoms with Crippen LogP contribution in [0.4, 0.5) is 21.7 Å². The van der Waals surface area contributed by atoms with Crippen LogP contribution in [0.2, 0.25) is 0 Å². The second-order valence-corrected chi connectivity index (χ2v) is 9.35. The molecule has 188 valence electrons. The topological polar surface area (TPSA) is 98.1 Å². The lowest BCUT2D eigenvalue weighted by Crippen LogP contribution is -2.35. The number of para-hydroxylation sites is 1. The summed E-state index contributed by atoms with van der Waals surface area (Å²) in [6.07, 6.45) is 3.16. The van der Waals surface area contributed by atoms with Crippen molar-refractivity contribution in [2.24, 2.45) is 4.99 Å². The molecule has 1 aliphatic heterocycles. The van der Waals surface area contributed by atoms with E-state index in [-0.39, 0.29) is 12.4 Å². The highest BCUT2D eigenvalue weighted by Gasteiger charge is 2.29. The number of rotatable bonds is 4. The normalized spacial score (nSPS) is 13.1. The average molecular weight is 505 g/mol. The van der Waals surface area contributed by atoms with Crippen molar-refractivity contribution in [1.29, 1.82) is 0 Å². The number of aliphatic imine (C=N–C) groups is 1. The molecule has 2 aromatic carbocycles. The Morgan fingerprint density at radius 1 is 0.947 bits per heavy atom. The fraction of sp³-hybridized carbons (Fsp3) is 0.138. The Kier molecular flexibility index (Phi) is 5.48. The molecular formula is C29H25FN8. The first-order valence-electron chi connectivity index (χ1n) is 12.1. The molecule has 4 heterocycles. The van der Waals surface area contributed by atoms with Gasteiger partial charge < -0.3 is 5.73 Å². The van der Waals surface area contributed by atoms with Gasteiger partial charge in [0.25, 0.3) is 0 Å². The van der Waals surface area contributed by atoms with Crippen LogP contribution in [0.15, 0.2) is 72.6 Å². The number of aromatic nitrogens is 5. The molecule has 1 aliphatic rings. The van der Waals surface area contributed by atoms with Crippen LogP contribution < -0.4 is 10.6 Å². The number of benzene rings is 2. The Morgan fingerprint density at radius 2 is 1.76 bits per heavy atom. The van der Waals surface area contributed by atoms with Crippen LogP contribution in [0.5, 0.6) is 0 Å². The molecule has 0 amide bonds. The summed E-state index contributed by atoms with van der Waals surface area (Å²) >= 11 is 0. The van der Waals surface area contributed by atoms with E-state index in [1.165, 1.54) is 12.4 Å². The highest BCUT2D eigenvalue weighted by Crippen LogP contribution is 2.39. The van der Waals surface area contributed by atoms with Gasteiger partial charge in [0.1, 0.15) is 36.0 Å². The quantitative estimate of drug-likeness (QED) is 0.334. The van der Waals surface area contributed by atoms with E-state index in [1.807, 2.05) is 36.1 Å². The van der Waals surface area contributed by atoms with Crippen molar-refractivity contribution in [3.05, 3.63) is 95.7 Å². The zero-order valence-electron chi connectivity index (χ0n) is 21.3. The summed E-state index contributed by atoms with van der Waals surface area (Å²) in [7, 11) is 0. The molecule has 0 fully saturated rings. The maximum atomic E-state index is 14.0. The minimum atomic E-state index is -0.285. The van der Waals surface area contributed by atoms with Crippen LogP contribution in [0, 0.1) is 26.6 Å². The lowest BCUT2D eigenvalue weighted by Gasteiger charge is -2.33. The van der Waals surface area contributed by atoms with Crippen molar-refractivity contribution in [1.82, 2.24) is 24.7 Å². The number of aryl methyl sites for hydroxylation is 3. The molecule has 3 aromatic heterocycles. The predicted molar refractivity (Wildman–Crippen MR) is 149 cm³/mol. The van der Waals surface area contributed by atoms with Gasteiger partial charge in [-0.2, -0.15) is 5.10 Å². The number of amidine groups is 1. The molecule has 0 saturated heterocycles. The number of anilines is 2. The van der Waals surface area contributed by atoms with Crippen LogP contribution in [-0.4, -0.2) is 30.6 Å². The second-order valence-electron chi connectivity index (χ2n) is 9.35. The zero-order valence-corrected chi connectivity index (χ0v) is 21.3. The maximum Gasteiger partial charge on any atom is 0.164 e. The maximum absolute atomic E-state index is 14.0. The predicted octanol–water partition coefficient (Wildman–Crippen LogP) is 5.76. The number of halogens is 1. The molecule has 0 unspecified atom stereocenters. The number of fused-ring (bicyclic) bond motifs is 2. The van der Waals surface area contributed by atoms with E-state index in [4.69, 9.17) is 15.8 Å². The van der Waals surface area contributed by atoms with Gasteiger partial charge in [0, 0.05) is 17.3 Å². The van der Waals surface area contributed by atoms with Crippen LogP contribution in [0.1, 0.15) is 22.3 Å². The monoisotopic (exact) mass is 504 g/mol. The highest BCUT2D eigenvalue weighted by molar-refractivity contribution is 6.13. The third-order valence-corrected chi connectivity index (χ3v) is 6.83. The first-order chi connectivity index (χ1) is 18.3. The number of hydrogen-bond acceptors (Lipinski definition) is 7. The van der Waals surface area contributed by atoms with E-state index in [0.717, 1.165) is 33.6 Å². The summed E-state index contributed by atoms with van der Waals surface area (Å²) in [6, 6.07) is 14.9. The summed E-state index contributed by atoms with van der Waals surface area (Å²) in [5.41, 5.74) is 13.4. The number of nitrogens with zero attached hydrogens (tertiary/aromatic N) is 7. The van der Waals surface area contributed by atoms with Crippen LogP contribution in [-0.2, 0) is 6.54 Å². The van der Waals surface area contributed by atoms with Crippen molar-refractivity contribution in [3.8, 4) is 11.3 Å². The second kappa shape index (κ2) is 8.88. The van der Waals surface area contributed by atoms with Gasteiger partial charge in [0.2, 0.25) is 0 Å². The number of pyridine rings is 1. The van der Waals surface area contributed by atoms with Gasteiger partial charge in [-0.05, 0) is 67.8 Å². The Balaban J connectivity index is 1.55. The van der Waals surface area contributed by atoms with Gasteiger partial charge in [0.05, 0.1) is 16.8 Å². The van der Waals surface area contributed by atoms with Gasteiger partial charge in [-0.3, -0.25) is 4.90 Å². The average Bonchev–Trinajstić information content (AvgIpc) is 3.26. The summed E-state index contributed by atoms with van der Waals surface area (Å²) in [5, 5.41) is 5.49. The summed E-state index contributed by atoms with van der Waals surface area (Å²) in [6.45, 7) is 10.5. The van der Waals surface area contributed by atoms with E-state index in [1.54, 1.807) is 29.9 Å². The third kappa shape index (κ3) is 3.71. The lowest BCUT2D eigenvalue weighted by atomic mass is 10.0. The fourth-order valence-corrected chi connectivity index (χ4v) is 4.90. The first-order valence-corrected chi connectivity index (χ1v) is 12.1. The molecule has 9 heteroatoms. The minimum Gasteiger partial charge on any atom is -0.383 e. The molecule has 0 radical (unpaired) electrons. The smallest absolute Gasteiger partial charge is 0.164 e. The summed E-state index contributed by atoms with van der Waals surface area (Å²) in [5.74, 6) is 1.30. The van der Waals surface area contributed by atoms with E-state index < -0.39 is 0 Å². The largest absolute Gasteiger partial charge is 0.383 e. The highest BCUT2D eigenvalue weighted by atomic mass is 19.1. The van der Waals surface area contributed by atoms with Crippen molar-refractivity contribution in [2.75, 3.05) is 10.6 Å². The Bertz CT molecular complexity index is 1790. The van der Waals surface area contributed by atoms with Crippen molar-refractivity contribution >= 4 is 39.9 Å². The summed E-state index contributed by atoms with van der Waals surface area (Å²) in [4.78, 5) is 20.3. The molecular weight excluding hydrogens is 479 g/mol. The number of nitrogen functional groups attached to an aromatic ring is 1. The molecule has 0 saturated carbocycles. The number of nitrogens with two attached hydrogens (primary N) is 1. The molecule has 8 nitrogen and oxygen atoms in total. The molecule has 5 aromatic rings. The van der Waals surface area contributed by atoms with Gasteiger partial charge >= 0.3 is 0 Å². The van der Waals surface area contributed by atoms with Crippen LogP contribution in [0.25, 0.3) is 28.0 Å². The molecule has 2 N–H and O–H groups in total.